The molecule has 37 heavy (non-hydrogen) atoms. The van der Waals surface area contributed by atoms with E-state index in [0.29, 0.717) is 23.6 Å². The third-order valence-corrected chi connectivity index (χ3v) is 7.36. The Labute approximate surface area is 221 Å². The molecule has 0 radical (unpaired) electrons. The Balaban J connectivity index is 1.59. The Morgan fingerprint density at radius 1 is 0.919 bits per heavy atom. The third kappa shape index (κ3) is 5.37. The van der Waals surface area contributed by atoms with Crippen molar-refractivity contribution in [2.24, 2.45) is 0 Å². The van der Waals surface area contributed by atoms with Crippen LogP contribution in [0.15, 0.2) is 71.6 Å². The van der Waals surface area contributed by atoms with Crippen molar-refractivity contribution in [1.29, 1.82) is 0 Å². The molecular formula is C30H30N2O4S. The number of rotatable bonds is 9. The molecule has 0 atom stereocenters. The fourth-order valence-electron chi connectivity index (χ4n) is 4.49. The first-order valence-corrected chi connectivity index (χ1v) is 13.4. The van der Waals surface area contributed by atoms with Crippen LogP contribution in [0.5, 0.6) is 17.2 Å². The van der Waals surface area contributed by atoms with Crippen LogP contribution in [0.25, 0.3) is 22.2 Å². The molecule has 0 bridgehead atoms. The summed E-state index contributed by atoms with van der Waals surface area (Å²) < 4.78 is 16.3. The standard InChI is InChI=1S/C30H30N2O4S/c1-34-24-7-5-6-20(13-24)29-22(12-19-8-11-27(37-4)17-28(19)31-29)18-32(23-9-10-23)30(33)21-14-25(35-2)16-26(15-21)36-3/h5-8,11-17,23H,9-10,18H2,1-4H3. The molecule has 0 unspecified atom stereocenters. The Kier molecular flexibility index (Phi) is 7.24. The molecule has 7 heteroatoms. The minimum absolute atomic E-state index is 0.0471. The van der Waals surface area contributed by atoms with Crippen LogP contribution in [0, 0.1) is 0 Å². The number of pyridine rings is 1. The van der Waals surface area contributed by atoms with E-state index in [1.54, 1.807) is 51.3 Å². The van der Waals surface area contributed by atoms with Gasteiger partial charge in [0.05, 0.1) is 32.5 Å². The molecule has 1 aromatic heterocycles. The second kappa shape index (κ2) is 10.7. The summed E-state index contributed by atoms with van der Waals surface area (Å²) in [6, 6.07) is 21.9. The normalized spacial score (nSPS) is 12.9. The van der Waals surface area contributed by atoms with Crippen molar-refractivity contribution in [3.8, 4) is 28.5 Å². The quantitative estimate of drug-likeness (QED) is 0.239. The summed E-state index contributed by atoms with van der Waals surface area (Å²) in [5, 5.41) is 1.05. The number of nitrogens with zero attached hydrogens (tertiary/aromatic N) is 2. The Morgan fingerprint density at radius 2 is 1.65 bits per heavy atom. The van der Waals surface area contributed by atoms with E-state index in [0.717, 1.165) is 51.2 Å². The molecule has 3 aromatic carbocycles. The van der Waals surface area contributed by atoms with Crippen LogP contribution in [0.3, 0.4) is 0 Å². The number of fused-ring (bicyclic) bond motifs is 1. The van der Waals surface area contributed by atoms with E-state index >= 15 is 0 Å². The molecule has 1 heterocycles. The highest BCUT2D eigenvalue weighted by Gasteiger charge is 2.34. The molecule has 0 spiro atoms. The van der Waals surface area contributed by atoms with Crippen molar-refractivity contribution in [1.82, 2.24) is 9.88 Å². The lowest BCUT2D eigenvalue weighted by atomic mass is 10.0. The lowest BCUT2D eigenvalue weighted by Gasteiger charge is -2.25. The van der Waals surface area contributed by atoms with Crippen LogP contribution in [-0.4, -0.2) is 49.4 Å². The van der Waals surface area contributed by atoms with E-state index in [9.17, 15) is 4.79 Å². The fraction of sp³-hybridized carbons (Fsp3) is 0.267. The van der Waals surface area contributed by atoms with Crippen molar-refractivity contribution >= 4 is 28.6 Å². The van der Waals surface area contributed by atoms with Gasteiger partial charge in [0, 0.05) is 40.1 Å². The number of hydrogen-bond donors (Lipinski definition) is 0. The highest BCUT2D eigenvalue weighted by Crippen LogP contribution is 2.35. The minimum atomic E-state index is -0.0471. The van der Waals surface area contributed by atoms with E-state index in [-0.39, 0.29) is 11.9 Å². The molecule has 0 N–H and O–H groups in total. The van der Waals surface area contributed by atoms with Crippen LogP contribution in [0.4, 0.5) is 0 Å². The molecule has 0 aliphatic heterocycles. The lowest BCUT2D eigenvalue weighted by Crippen LogP contribution is -2.33. The predicted molar refractivity (Wildman–Crippen MR) is 148 cm³/mol. The second-order valence-electron chi connectivity index (χ2n) is 9.05. The molecule has 1 amide bonds. The van der Waals surface area contributed by atoms with Crippen LogP contribution in [-0.2, 0) is 6.54 Å². The summed E-state index contributed by atoms with van der Waals surface area (Å²) >= 11 is 1.69. The van der Waals surface area contributed by atoms with Gasteiger partial charge in [-0.2, -0.15) is 0 Å². The topological polar surface area (TPSA) is 60.9 Å². The van der Waals surface area contributed by atoms with E-state index in [4.69, 9.17) is 19.2 Å². The number of ether oxygens (including phenoxy) is 3. The first-order valence-electron chi connectivity index (χ1n) is 12.2. The molecule has 0 saturated heterocycles. The maximum Gasteiger partial charge on any atom is 0.254 e. The van der Waals surface area contributed by atoms with Gasteiger partial charge in [0.25, 0.3) is 5.91 Å². The summed E-state index contributed by atoms with van der Waals surface area (Å²) in [5.74, 6) is 1.90. The first kappa shape index (κ1) is 25.0. The molecule has 1 fully saturated rings. The number of hydrogen-bond acceptors (Lipinski definition) is 6. The minimum Gasteiger partial charge on any atom is -0.497 e. The molecule has 6 nitrogen and oxygen atoms in total. The number of aromatic nitrogens is 1. The number of thioether (sulfide) groups is 1. The second-order valence-corrected chi connectivity index (χ2v) is 9.93. The Hall–Kier alpha value is -3.71. The average Bonchev–Trinajstić information content (AvgIpc) is 3.80. The largest absolute Gasteiger partial charge is 0.497 e. The summed E-state index contributed by atoms with van der Waals surface area (Å²) in [7, 11) is 4.84. The van der Waals surface area contributed by atoms with Gasteiger partial charge in [0.15, 0.2) is 0 Å². The van der Waals surface area contributed by atoms with E-state index in [1.165, 1.54) is 0 Å². The van der Waals surface area contributed by atoms with Gasteiger partial charge in [0.2, 0.25) is 0 Å². The van der Waals surface area contributed by atoms with E-state index in [2.05, 4.69) is 30.5 Å². The van der Waals surface area contributed by atoms with Crippen LogP contribution < -0.4 is 14.2 Å². The zero-order valence-electron chi connectivity index (χ0n) is 21.5. The van der Waals surface area contributed by atoms with Gasteiger partial charge >= 0.3 is 0 Å². The van der Waals surface area contributed by atoms with Gasteiger partial charge in [-0.1, -0.05) is 18.2 Å². The summed E-state index contributed by atoms with van der Waals surface area (Å²) in [6.07, 6.45) is 4.03. The molecule has 1 saturated carbocycles. The van der Waals surface area contributed by atoms with Crippen molar-refractivity contribution in [2.45, 2.75) is 30.3 Å². The maximum absolute atomic E-state index is 13.8. The highest BCUT2D eigenvalue weighted by atomic mass is 32.2. The van der Waals surface area contributed by atoms with Crippen molar-refractivity contribution in [3.05, 3.63) is 77.9 Å². The number of methoxy groups -OCH3 is 3. The molecule has 190 valence electrons. The Bertz CT molecular complexity index is 1430. The highest BCUT2D eigenvalue weighted by molar-refractivity contribution is 7.98. The zero-order chi connectivity index (χ0) is 25.9. The van der Waals surface area contributed by atoms with Gasteiger partial charge in [0.1, 0.15) is 17.2 Å². The van der Waals surface area contributed by atoms with Crippen molar-refractivity contribution in [2.75, 3.05) is 27.6 Å². The van der Waals surface area contributed by atoms with Crippen LogP contribution >= 0.6 is 11.8 Å². The maximum atomic E-state index is 13.8. The SMILES string of the molecule is COc1cc(OC)cc(C(=O)N(Cc2cc3ccc(SC)cc3nc2-c2cccc(OC)c2)C2CC2)c1. The smallest absolute Gasteiger partial charge is 0.254 e. The summed E-state index contributed by atoms with van der Waals surface area (Å²) in [4.78, 5) is 22.0. The molecular weight excluding hydrogens is 484 g/mol. The van der Waals surface area contributed by atoms with Gasteiger partial charge in [-0.3, -0.25) is 4.79 Å². The van der Waals surface area contributed by atoms with Gasteiger partial charge in [-0.25, -0.2) is 4.98 Å². The van der Waals surface area contributed by atoms with Gasteiger partial charge in [-0.15, -0.1) is 11.8 Å². The molecule has 5 rings (SSSR count). The average molecular weight is 515 g/mol. The summed E-state index contributed by atoms with van der Waals surface area (Å²) in [5.41, 5.74) is 4.27. The molecule has 4 aromatic rings. The van der Waals surface area contributed by atoms with Gasteiger partial charge < -0.3 is 19.1 Å². The summed E-state index contributed by atoms with van der Waals surface area (Å²) in [6.45, 7) is 0.447. The number of benzene rings is 3. The number of carbonyl (C=O) groups is 1. The van der Waals surface area contributed by atoms with E-state index in [1.807, 2.05) is 29.2 Å². The molecule has 1 aliphatic rings. The predicted octanol–water partition coefficient (Wildman–Crippen LogP) is 6.45. The molecule has 1 aliphatic carbocycles. The third-order valence-electron chi connectivity index (χ3n) is 6.63. The van der Waals surface area contributed by atoms with Crippen LogP contribution in [0.2, 0.25) is 0 Å². The number of carbonyl (C=O) groups excluding carboxylic acids is 1. The van der Waals surface area contributed by atoms with Crippen molar-refractivity contribution < 1.29 is 19.0 Å². The van der Waals surface area contributed by atoms with Crippen LogP contribution in [0.1, 0.15) is 28.8 Å². The van der Waals surface area contributed by atoms with Crippen molar-refractivity contribution in [3.63, 3.8) is 0 Å². The zero-order valence-corrected chi connectivity index (χ0v) is 22.3. The van der Waals surface area contributed by atoms with E-state index < -0.39 is 0 Å². The monoisotopic (exact) mass is 514 g/mol. The lowest BCUT2D eigenvalue weighted by molar-refractivity contribution is 0.0729. The first-order chi connectivity index (χ1) is 18.0. The number of amides is 1. The Morgan fingerprint density at radius 3 is 2.30 bits per heavy atom. The van der Waals surface area contributed by atoms with Gasteiger partial charge in [-0.05, 0) is 67.1 Å². The fourth-order valence-corrected chi connectivity index (χ4v) is 4.93.